The van der Waals surface area contributed by atoms with Gasteiger partial charge in [-0.3, -0.25) is 10.1 Å². The Morgan fingerprint density at radius 2 is 2.00 bits per heavy atom. The maximum Gasteiger partial charge on any atom is 0.322 e. The standard InChI is InChI=1S/C18H16N4O3/c1-18(16(23)21-17(24)22-18)9-8-12-4-6-14(7-5-12)25-15-13(11-19)3-2-10-20-15/h2-7,10H,8-9H2,1H3,(H2,21,22,23,24)/t18-/m0/s1. The number of carbonyl (C=O) groups excluding carboxylic acids is 2. The third-order valence-electron chi connectivity index (χ3n) is 4.06. The number of aryl methyl sites for hydroxylation is 1. The number of ether oxygens (including phenoxy) is 1. The second-order valence-electron chi connectivity index (χ2n) is 5.95. The molecule has 3 rings (SSSR count). The molecule has 126 valence electrons. The number of nitriles is 1. The van der Waals surface area contributed by atoms with Crippen LogP contribution in [0.2, 0.25) is 0 Å². The fraction of sp³-hybridized carbons (Fsp3) is 0.222. The van der Waals surface area contributed by atoms with Gasteiger partial charge in [-0.05, 0) is 49.6 Å². The largest absolute Gasteiger partial charge is 0.438 e. The van der Waals surface area contributed by atoms with Crippen LogP contribution in [0.5, 0.6) is 11.6 Å². The number of benzene rings is 1. The normalized spacial score (nSPS) is 19.0. The summed E-state index contributed by atoms with van der Waals surface area (Å²) in [5, 5.41) is 13.9. The van der Waals surface area contributed by atoms with Crippen molar-refractivity contribution in [3.05, 3.63) is 53.7 Å². The zero-order chi connectivity index (χ0) is 17.9. The van der Waals surface area contributed by atoms with E-state index in [1.165, 1.54) is 0 Å². The lowest BCUT2D eigenvalue weighted by atomic mass is 9.93. The van der Waals surface area contributed by atoms with Crippen molar-refractivity contribution in [3.63, 3.8) is 0 Å². The predicted molar refractivity (Wildman–Crippen MR) is 88.9 cm³/mol. The van der Waals surface area contributed by atoms with Crippen LogP contribution >= 0.6 is 0 Å². The highest BCUT2D eigenvalue weighted by molar-refractivity contribution is 6.06. The predicted octanol–water partition coefficient (Wildman–Crippen LogP) is 2.28. The van der Waals surface area contributed by atoms with Gasteiger partial charge in [0.25, 0.3) is 5.91 Å². The summed E-state index contributed by atoms with van der Waals surface area (Å²) in [7, 11) is 0. The lowest BCUT2D eigenvalue weighted by Gasteiger charge is -2.20. The molecule has 0 saturated carbocycles. The van der Waals surface area contributed by atoms with Gasteiger partial charge >= 0.3 is 6.03 Å². The summed E-state index contributed by atoms with van der Waals surface area (Å²) in [6, 6.07) is 12.2. The number of hydrogen-bond donors (Lipinski definition) is 2. The van der Waals surface area contributed by atoms with Crippen LogP contribution in [-0.4, -0.2) is 22.5 Å². The molecule has 0 bridgehead atoms. The summed E-state index contributed by atoms with van der Waals surface area (Å²) in [4.78, 5) is 27.1. The van der Waals surface area contributed by atoms with Gasteiger partial charge in [-0.15, -0.1) is 0 Å². The Labute approximate surface area is 144 Å². The second-order valence-corrected chi connectivity index (χ2v) is 5.95. The number of urea groups is 1. The average molecular weight is 336 g/mol. The van der Waals surface area contributed by atoms with E-state index in [4.69, 9.17) is 10.00 Å². The molecule has 1 fully saturated rings. The lowest BCUT2D eigenvalue weighted by Crippen LogP contribution is -2.43. The Balaban J connectivity index is 1.64. The number of hydrogen-bond acceptors (Lipinski definition) is 5. The maximum atomic E-state index is 11.8. The quantitative estimate of drug-likeness (QED) is 0.815. The molecule has 0 aliphatic carbocycles. The molecule has 1 aliphatic heterocycles. The number of carbonyl (C=O) groups is 2. The van der Waals surface area contributed by atoms with Crippen LogP contribution in [0.25, 0.3) is 0 Å². The van der Waals surface area contributed by atoms with Crippen molar-refractivity contribution in [2.45, 2.75) is 25.3 Å². The van der Waals surface area contributed by atoms with Crippen molar-refractivity contribution >= 4 is 11.9 Å². The van der Waals surface area contributed by atoms with Crippen LogP contribution in [0.15, 0.2) is 42.6 Å². The average Bonchev–Trinajstić information content (AvgIpc) is 2.87. The van der Waals surface area contributed by atoms with Crippen molar-refractivity contribution in [1.29, 1.82) is 5.26 Å². The Kier molecular flexibility index (Phi) is 4.35. The third-order valence-corrected chi connectivity index (χ3v) is 4.06. The van der Waals surface area contributed by atoms with E-state index in [0.29, 0.717) is 24.2 Å². The number of aromatic nitrogens is 1. The minimum Gasteiger partial charge on any atom is -0.438 e. The van der Waals surface area contributed by atoms with Crippen molar-refractivity contribution in [1.82, 2.24) is 15.6 Å². The summed E-state index contributed by atoms with van der Waals surface area (Å²) in [6.07, 6.45) is 2.67. The Morgan fingerprint density at radius 1 is 1.24 bits per heavy atom. The van der Waals surface area contributed by atoms with Crippen LogP contribution in [0.1, 0.15) is 24.5 Å². The highest BCUT2D eigenvalue weighted by atomic mass is 16.5. The van der Waals surface area contributed by atoms with Gasteiger partial charge in [-0.1, -0.05) is 12.1 Å². The molecular weight excluding hydrogens is 320 g/mol. The number of pyridine rings is 1. The van der Waals surface area contributed by atoms with Crippen molar-refractivity contribution in [2.75, 3.05) is 0 Å². The zero-order valence-corrected chi connectivity index (χ0v) is 13.6. The summed E-state index contributed by atoms with van der Waals surface area (Å²) in [5.74, 6) is 0.518. The minimum absolute atomic E-state index is 0.260. The van der Waals surface area contributed by atoms with Gasteiger partial charge in [-0.2, -0.15) is 5.26 Å². The maximum absolute atomic E-state index is 11.8. The van der Waals surface area contributed by atoms with Gasteiger partial charge in [0.05, 0.1) is 0 Å². The van der Waals surface area contributed by atoms with Gasteiger partial charge < -0.3 is 10.1 Å². The van der Waals surface area contributed by atoms with Gasteiger partial charge in [0.2, 0.25) is 5.88 Å². The number of amides is 3. The summed E-state index contributed by atoms with van der Waals surface area (Å²) < 4.78 is 5.63. The summed E-state index contributed by atoms with van der Waals surface area (Å²) in [5.41, 5.74) is 0.480. The molecule has 1 aliphatic rings. The molecule has 0 radical (unpaired) electrons. The van der Waals surface area contributed by atoms with E-state index in [1.54, 1.807) is 37.4 Å². The first-order valence-electron chi connectivity index (χ1n) is 7.76. The van der Waals surface area contributed by atoms with E-state index in [9.17, 15) is 9.59 Å². The van der Waals surface area contributed by atoms with Gasteiger partial charge in [0.1, 0.15) is 22.9 Å². The molecule has 1 atom stereocenters. The highest BCUT2D eigenvalue weighted by Gasteiger charge is 2.41. The van der Waals surface area contributed by atoms with Gasteiger partial charge in [0.15, 0.2) is 0 Å². The molecule has 3 amide bonds. The van der Waals surface area contributed by atoms with Crippen molar-refractivity contribution in [2.24, 2.45) is 0 Å². The molecule has 0 unspecified atom stereocenters. The van der Waals surface area contributed by atoms with E-state index in [1.807, 2.05) is 18.2 Å². The minimum atomic E-state index is -0.887. The van der Waals surface area contributed by atoms with E-state index in [0.717, 1.165) is 5.56 Å². The topological polar surface area (TPSA) is 104 Å². The van der Waals surface area contributed by atoms with Crippen molar-refractivity contribution < 1.29 is 14.3 Å². The first-order valence-corrected chi connectivity index (χ1v) is 7.76. The summed E-state index contributed by atoms with van der Waals surface area (Å²) >= 11 is 0. The molecule has 7 heteroatoms. The molecule has 7 nitrogen and oxygen atoms in total. The molecular formula is C18H16N4O3. The smallest absolute Gasteiger partial charge is 0.322 e. The van der Waals surface area contributed by atoms with E-state index < -0.39 is 11.6 Å². The van der Waals surface area contributed by atoms with Gasteiger partial charge in [-0.25, -0.2) is 9.78 Å². The third kappa shape index (κ3) is 3.58. The number of nitrogens with one attached hydrogen (secondary N) is 2. The van der Waals surface area contributed by atoms with E-state index in [-0.39, 0.29) is 11.8 Å². The first kappa shape index (κ1) is 16.5. The highest BCUT2D eigenvalue weighted by Crippen LogP contribution is 2.24. The fourth-order valence-electron chi connectivity index (χ4n) is 2.54. The second kappa shape index (κ2) is 6.61. The SMILES string of the molecule is C[C@@]1(CCc2ccc(Oc3ncccc3C#N)cc2)NC(=O)NC1=O. The van der Waals surface area contributed by atoms with Crippen LogP contribution in [-0.2, 0) is 11.2 Å². The van der Waals surface area contributed by atoms with Crippen LogP contribution < -0.4 is 15.4 Å². The molecule has 1 aromatic carbocycles. The number of rotatable bonds is 5. The molecule has 25 heavy (non-hydrogen) atoms. The molecule has 2 heterocycles. The number of nitrogens with zero attached hydrogens (tertiary/aromatic N) is 2. The molecule has 0 spiro atoms. The van der Waals surface area contributed by atoms with Crippen LogP contribution in [0, 0.1) is 11.3 Å². The molecule has 2 N–H and O–H groups in total. The lowest BCUT2D eigenvalue weighted by molar-refractivity contribution is -0.123. The Bertz CT molecular complexity index is 857. The van der Waals surface area contributed by atoms with Crippen LogP contribution in [0.3, 0.4) is 0 Å². The van der Waals surface area contributed by atoms with Crippen LogP contribution in [0.4, 0.5) is 4.79 Å². The zero-order valence-electron chi connectivity index (χ0n) is 13.6. The molecule has 1 aromatic heterocycles. The first-order chi connectivity index (χ1) is 12.0. The summed E-state index contributed by atoms with van der Waals surface area (Å²) in [6.45, 7) is 1.70. The van der Waals surface area contributed by atoms with Crippen molar-refractivity contribution in [3.8, 4) is 17.7 Å². The Morgan fingerprint density at radius 3 is 2.64 bits per heavy atom. The molecule has 2 aromatic rings. The monoisotopic (exact) mass is 336 g/mol. The van der Waals surface area contributed by atoms with E-state index in [2.05, 4.69) is 15.6 Å². The molecule has 1 saturated heterocycles. The van der Waals surface area contributed by atoms with Gasteiger partial charge in [0, 0.05) is 6.20 Å². The number of imide groups is 1. The fourth-order valence-corrected chi connectivity index (χ4v) is 2.54. The Hall–Kier alpha value is -3.40. The van der Waals surface area contributed by atoms with E-state index >= 15 is 0 Å².